The van der Waals surface area contributed by atoms with Crippen LogP contribution in [0.5, 0.6) is 0 Å². The lowest BCUT2D eigenvalue weighted by Gasteiger charge is -1.99. The molecule has 3 rings (SSSR count). The van der Waals surface area contributed by atoms with Gasteiger partial charge in [0.15, 0.2) is 0 Å². The molecule has 0 radical (unpaired) electrons. The first kappa shape index (κ1) is 11.1. The van der Waals surface area contributed by atoms with Crippen molar-refractivity contribution in [1.82, 2.24) is 10.2 Å². The summed E-state index contributed by atoms with van der Waals surface area (Å²) in [6.45, 7) is 0. The van der Waals surface area contributed by atoms with E-state index in [1.54, 1.807) is 6.07 Å². The predicted molar refractivity (Wildman–Crippen MR) is 67.3 cm³/mol. The van der Waals surface area contributed by atoms with Gasteiger partial charge in [-0.1, -0.05) is 12.1 Å². The number of aromatic amines is 1. The van der Waals surface area contributed by atoms with Crippen LogP contribution in [0.4, 0.5) is 8.78 Å². The number of benzene rings is 1. The van der Waals surface area contributed by atoms with E-state index in [2.05, 4.69) is 10.2 Å². The van der Waals surface area contributed by atoms with Crippen molar-refractivity contribution in [3.05, 3.63) is 53.4 Å². The van der Waals surface area contributed by atoms with Gasteiger partial charge in [0.1, 0.15) is 11.6 Å². The van der Waals surface area contributed by atoms with Gasteiger partial charge in [-0.05, 0) is 29.6 Å². The summed E-state index contributed by atoms with van der Waals surface area (Å²) < 4.78 is 27.2. The number of rotatable bonds is 2. The van der Waals surface area contributed by atoms with Crippen LogP contribution < -0.4 is 0 Å². The summed E-state index contributed by atoms with van der Waals surface area (Å²) in [5.74, 6) is -1.22. The third kappa shape index (κ3) is 1.82. The highest BCUT2D eigenvalue weighted by atomic mass is 32.1. The third-order valence-electron chi connectivity index (χ3n) is 2.58. The first-order valence-corrected chi connectivity index (χ1v) is 6.17. The molecule has 0 unspecified atom stereocenters. The van der Waals surface area contributed by atoms with Crippen LogP contribution in [0.15, 0.2) is 41.8 Å². The van der Waals surface area contributed by atoms with Crippen LogP contribution in [-0.4, -0.2) is 10.2 Å². The number of aromatic nitrogens is 2. The fourth-order valence-corrected chi connectivity index (χ4v) is 2.44. The molecule has 18 heavy (non-hydrogen) atoms. The maximum absolute atomic E-state index is 13.6. The van der Waals surface area contributed by atoms with E-state index in [1.165, 1.54) is 29.5 Å². The van der Waals surface area contributed by atoms with Crippen molar-refractivity contribution in [2.24, 2.45) is 0 Å². The van der Waals surface area contributed by atoms with Crippen molar-refractivity contribution in [3.63, 3.8) is 0 Å². The number of hydrogen-bond donors (Lipinski definition) is 1. The Bertz CT molecular complexity index is 654. The molecule has 1 aromatic carbocycles. The fourth-order valence-electron chi connectivity index (χ4n) is 1.75. The van der Waals surface area contributed by atoms with Crippen LogP contribution in [-0.2, 0) is 0 Å². The van der Waals surface area contributed by atoms with Crippen LogP contribution in [0, 0.1) is 11.6 Å². The van der Waals surface area contributed by atoms with Gasteiger partial charge in [-0.15, -0.1) is 11.3 Å². The Morgan fingerprint density at radius 3 is 2.50 bits per heavy atom. The molecular weight excluding hydrogens is 254 g/mol. The van der Waals surface area contributed by atoms with E-state index in [9.17, 15) is 8.78 Å². The van der Waals surface area contributed by atoms with Crippen LogP contribution in [0.25, 0.3) is 21.8 Å². The number of H-pyrrole nitrogens is 1. The van der Waals surface area contributed by atoms with E-state index in [1.807, 2.05) is 17.5 Å². The van der Waals surface area contributed by atoms with Crippen molar-refractivity contribution >= 4 is 11.3 Å². The van der Waals surface area contributed by atoms with E-state index in [-0.39, 0.29) is 11.3 Å². The largest absolute Gasteiger partial charge is 0.276 e. The van der Waals surface area contributed by atoms with Gasteiger partial charge in [0.2, 0.25) is 0 Å². The molecule has 0 spiro atoms. The number of thiophene rings is 1. The topological polar surface area (TPSA) is 28.7 Å². The average molecular weight is 262 g/mol. The van der Waals surface area contributed by atoms with Gasteiger partial charge in [-0.25, -0.2) is 8.78 Å². The molecule has 0 amide bonds. The summed E-state index contributed by atoms with van der Waals surface area (Å²) in [6, 6.07) is 9.24. The van der Waals surface area contributed by atoms with E-state index < -0.39 is 11.6 Å². The van der Waals surface area contributed by atoms with Gasteiger partial charge in [-0.3, -0.25) is 5.10 Å². The zero-order valence-electron chi connectivity index (χ0n) is 9.15. The second-order valence-electron chi connectivity index (χ2n) is 3.74. The van der Waals surface area contributed by atoms with Gasteiger partial charge in [0, 0.05) is 0 Å². The number of nitrogens with zero attached hydrogens (tertiary/aromatic N) is 1. The first-order valence-electron chi connectivity index (χ1n) is 5.29. The van der Waals surface area contributed by atoms with Gasteiger partial charge < -0.3 is 0 Å². The average Bonchev–Trinajstić information content (AvgIpc) is 2.99. The van der Waals surface area contributed by atoms with Gasteiger partial charge in [0.25, 0.3) is 0 Å². The molecule has 90 valence electrons. The molecule has 0 bridgehead atoms. The molecule has 0 aliphatic heterocycles. The standard InChI is InChI=1S/C13H8F2N2S/c14-8-3-1-4-9(15)13(8)11-7-10(16-17-11)12-5-2-6-18-12/h1-7H,(H,16,17). The lowest BCUT2D eigenvalue weighted by Crippen LogP contribution is -1.89. The van der Waals surface area contributed by atoms with E-state index in [4.69, 9.17) is 0 Å². The van der Waals surface area contributed by atoms with Crippen molar-refractivity contribution in [3.8, 4) is 21.8 Å². The maximum atomic E-state index is 13.6. The Balaban J connectivity index is 2.09. The molecule has 2 aromatic heterocycles. The molecule has 0 fully saturated rings. The highest BCUT2D eigenvalue weighted by molar-refractivity contribution is 7.13. The molecule has 2 heterocycles. The molecule has 3 aromatic rings. The van der Waals surface area contributed by atoms with E-state index in [0.717, 1.165) is 10.6 Å². The van der Waals surface area contributed by atoms with E-state index >= 15 is 0 Å². The summed E-state index contributed by atoms with van der Waals surface area (Å²) in [5, 5.41) is 8.68. The molecule has 0 saturated carbocycles. The SMILES string of the molecule is Fc1cccc(F)c1-c1cc(-c2cccs2)[nH]n1. The van der Waals surface area contributed by atoms with Crippen LogP contribution >= 0.6 is 11.3 Å². The number of halogens is 2. The minimum absolute atomic E-state index is 0.100. The molecule has 0 aliphatic rings. The Morgan fingerprint density at radius 1 is 1.06 bits per heavy atom. The zero-order chi connectivity index (χ0) is 12.5. The fraction of sp³-hybridized carbons (Fsp3) is 0. The Labute approximate surface area is 106 Å². The number of nitrogens with one attached hydrogen (secondary N) is 1. The van der Waals surface area contributed by atoms with Crippen molar-refractivity contribution < 1.29 is 8.78 Å². The maximum Gasteiger partial charge on any atom is 0.135 e. The van der Waals surface area contributed by atoms with Gasteiger partial charge in [0.05, 0.1) is 21.8 Å². The molecule has 0 saturated heterocycles. The molecule has 1 N–H and O–H groups in total. The normalized spacial score (nSPS) is 10.8. The lowest BCUT2D eigenvalue weighted by atomic mass is 10.1. The Hall–Kier alpha value is -2.01. The monoisotopic (exact) mass is 262 g/mol. The zero-order valence-corrected chi connectivity index (χ0v) is 9.97. The summed E-state index contributed by atoms with van der Waals surface area (Å²) in [5.41, 5.74) is 0.924. The Kier molecular flexibility index (Phi) is 2.68. The smallest absolute Gasteiger partial charge is 0.135 e. The minimum Gasteiger partial charge on any atom is -0.276 e. The van der Waals surface area contributed by atoms with Crippen molar-refractivity contribution in [2.75, 3.05) is 0 Å². The van der Waals surface area contributed by atoms with Gasteiger partial charge in [-0.2, -0.15) is 5.10 Å². The predicted octanol–water partition coefficient (Wildman–Crippen LogP) is 4.08. The number of hydrogen-bond acceptors (Lipinski definition) is 2. The van der Waals surface area contributed by atoms with Crippen molar-refractivity contribution in [1.29, 1.82) is 0 Å². The molecular formula is C13H8F2N2S. The summed E-state index contributed by atoms with van der Waals surface area (Å²) >= 11 is 1.53. The summed E-state index contributed by atoms with van der Waals surface area (Å²) in [6.07, 6.45) is 0. The highest BCUT2D eigenvalue weighted by Crippen LogP contribution is 2.29. The second kappa shape index (κ2) is 4.34. The highest BCUT2D eigenvalue weighted by Gasteiger charge is 2.14. The first-order chi connectivity index (χ1) is 8.75. The Morgan fingerprint density at radius 2 is 1.83 bits per heavy atom. The summed E-state index contributed by atoms with van der Waals surface area (Å²) in [4.78, 5) is 0.977. The molecule has 2 nitrogen and oxygen atoms in total. The van der Waals surface area contributed by atoms with Crippen molar-refractivity contribution in [2.45, 2.75) is 0 Å². The molecule has 0 atom stereocenters. The minimum atomic E-state index is -0.612. The summed E-state index contributed by atoms with van der Waals surface area (Å²) in [7, 11) is 0. The van der Waals surface area contributed by atoms with Crippen LogP contribution in [0.2, 0.25) is 0 Å². The van der Waals surface area contributed by atoms with Crippen LogP contribution in [0.1, 0.15) is 0 Å². The molecule has 5 heteroatoms. The van der Waals surface area contributed by atoms with E-state index in [0.29, 0.717) is 0 Å². The second-order valence-corrected chi connectivity index (χ2v) is 4.69. The third-order valence-corrected chi connectivity index (χ3v) is 3.49. The van der Waals surface area contributed by atoms with Gasteiger partial charge >= 0.3 is 0 Å². The lowest BCUT2D eigenvalue weighted by molar-refractivity contribution is 0.588. The quantitative estimate of drug-likeness (QED) is 0.740. The molecule has 0 aliphatic carbocycles. The van der Waals surface area contributed by atoms with Crippen LogP contribution in [0.3, 0.4) is 0 Å².